The number of aryl methyl sites for hydroxylation is 1. The van der Waals surface area contributed by atoms with Crippen molar-refractivity contribution in [3.05, 3.63) is 29.8 Å². The highest BCUT2D eigenvalue weighted by molar-refractivity contribution is 5.33. The molecule has 1 unspecified atom stereocenters. The van der Waals surface area contributed by atoms with Crippen LogP contribution in [0.2, 0.25) is 0 Å². The second kappa shape index (κ2) is 6.24. The lowest BCUT2D eigenvalue weighted by Gasteiger charge is -2.28. The number of rotatable bonds is 6. The van der Waals surface area contributed by atoms with Gasteiger partial charge in [0.1, 0.15) is 5.75 Å². The molecule has 2 nitrogen and oxygen atoms in total. The first kappa shape index (κ1) is 15.0. The molecule has 18 heavy (non-hydrogen) atoms. The first-order valence-corrected chi connectivity index (χ1v) is 6.80. The molecule has 0 spiro atoms. The average molecular weight is 250 g/mol. The van der Waals surface area contributed by atoms with E-state index in [2.05, 4.69) is 19.9 Å². The second-order valence-electron chi connectivity index (χ2n) is 5.79. The summed E-state index contributed by atoms with van der Waals surface area (Å²) >= 11 is 0. The van der Waals surface area contributed by atoms with Crippen molar-refractivity contribution < 1.29 is 9.84 Å². The van der Waals surface area contributed by atoms with Gasteiger partial charge in [0.15, 0.2) is 0 Å². The van der Waals surface area contributed by atoms with E-state index in [-0.39, 0.29) is 12.0 Å². The van der Waals surface area contributed by atoms with Crippen molar-refractivity contribution in [1.82, 2.24) is 0 Å². The van der Waals surface area contributed by atoms with Gasteiger partial charge in [-0.1, -0.05) is 32.0 Å². The van der Waals surface area contributed by atoms with Gasteiger partial charge in [0, 0.05) is 0 Å². The minimum absolute atomic E-state index is 0.178. The monoisotopic (exact) mass is 250 g/mol. The Morgan fingerprint density at radius 2 is 1.78 bits per heavy atom. The molecule has 1 atom stereocenters. The lowest BCUT2D eigenvalue weighted by molar-refractivity contribution is 0.00554. The Balaban J connectivity index is 2.73. The van der Waals surface area contributed by atoms with Gasteiger partial charge >= 0.3 is 0 Å². The molecule has 0 saturated heterocycles. The van der Waals surface area contributed by atoms with Crippen molar-refractivity contribution in [1.29, 1.82) is 0 Å². The summed E-state index contributed by atoms with van der Waals surface area (Å²) in [5, 5.41) is 10.3. The fourth-order valence-corrected chi connectivity index (χ4v) is 1.76. The Labute approximate surface area is 111 Å². The van der Waals surface area contributed by atoms with Crippen LogP contribution < -0.4 is 4.74 Å². The molecule has 1 rings (SSSR count). The third-order valence-corrected chi connectivity index (χ3v) is 3.48. The summed E-state index contributed by atoms with van der Waals surface area (Å²) in [6, 6.07) is 8.09. The van der Waals surface area contributed by atoms with Gasteiger partial charge in [0.2, 0.25) is 0 Å². The van der Waals surface area contributed by atoms with E-state index < -0.39 is 5.60 Å². The van der Waals surface area contributed by atoms with Crippen LogP contribution in [0.15, 0.2) is 24.3 Å². The van der Waals surface area contributed by atoms with Crippen LogP contribution in [0, 0.1) is 5.92 Å². The molecule has 0 radical (unpaired) electrons. The number of benzene rings is 1. The van der Waals surface area contributed by atoms with E-state index in [0.29, 0.717) is 0 Å². The molecular formula is C16H26O2. The van der Waals surface area contributed by atoms with Crippen LogP contribution in [0.5, 0.6) is 5.75 Å². The van der Waals surface area contributed by atoms with E-state index in [0.717, 1.165) is 18.6 Å². The molecular weight excluding hydrogens is 224 g/mol. The molecule has 1 aromatic carbocycles. The fraction of sp³-hybridized carbons (Fsp3) is 0.625. The summed E-state index contributed by atoms with van der Waals surface area (Å²) in [6.07, 6.45) is 1.77. The molecule has 102 valence electrons. The van der Waals surface area contributed by atoms with Crippen molar-refractivity contribution >= 4 is 0 Å². The van der Waals surface area contributed by atoms with Gasteiger partial charge in [-0.2, -0.15) is 0 Å². The number of hydrogen-bond donors (Lipinski definition) is 1. The summed E-state index contributed by atoms with van der Waals surface area (Å²) < 4.78 is 5.79. The summed E-state index contributed by atoms with van der Waals surface area (Å²) in [6.45, 7) is 10.1. The smallest absolute Gasteiger partial charge is 0.122 e. The normalized spacial score (nSPS) is 14.9. The van der Waals surface area contributed by atoms with Crippen LogP contribution >= 0.6 is 0 Å². The van der Waals surface area contributed by atoms with E-state index in [9.17, 15) is 5.11 Å². The fourth-order valence-electron chi connectivity index (χ4n) is 1.76. The largest absolute Gasteiger partial charge is 0.491 e. The predicted molar refractivity (Wildman–Crippen MR) is 76.0 cm³/mol. The summed E-state index contributed by atoms with van der Waals surface area (Å²) in [5.74, 6) is 1.20. The van der Waals surface area contributed by atoms with Gasteiger partial charge in [-0.15, -0.1) is 0 Å². The summed E-state index contributed by atoms with van der Waals surface area (Å²) in [4.78, 5) is 0. The van der Waals surface area contributed by atoms with Crippen LogP contribution in [0.1, 0.15) is 46.6 Å². The molecule has 0 bridgehead atoms. The molecule has 0 aliphatic rings. The molecule has 0 amide bonds. The maximum atomic E-state index is 10.3. The van der Waals surface area contributed by atoms with Crippen LogP contribution in [0.3, 0.4) is 0 Å². The van der Waals surface area contributed by atoms with Crippen molar-refractivity contribution in [3.8, 4) is 5.75 Å². The molecule has 2 heteroatoms. The van der Waals surface area contributed by atoms with E-state index >= 15 is 0 Å². The minimum atomic E-state index is -0.620. The van der Waals surface area contributed by atoms with E-state index in [1.807, 2.05) is 39.0 Å². The molecule has 0 saturated carbocycles. The lowest BCUT2D eigenvalue weighted by Crippen LogP contribution is -2.31. The zero-order valence-corrected chi connectivity index (χ0v) is 12.2. The van der Waals surface area contributed by atoms with Crippen molar-refractivity contribution in [2.24, 2.45) is 5.92 Å². The minimum Gasteiger partial charge on any atom is -0.491 e. The second-order valence-corrected chi connectivity index (χ2v) is 5.79. The van der Waals surface area contributed by atoms with Gasteiger partial charge in [0.25, 0.3) is 0 Å². The molecule has 0 aliphatic heterocycles. The standard InChI is InChI=1S/C16H26O2/c1-12(2)16(5,17)11-10-14-8-6-7-9-15(14)18-13(3)4/h6-9,12-13,17H,10-11H2,1-5H3. The highest BCUT2D eigenvalue weighted by atomic mass is 16.5. The molecule has 0 aliphatic carbocycles. The Morgan fingerprint density at radius 1 is 1.17 bits per heavy atom. The van der Waals surface area contributed by atoms with E-state index in [1.165, 1.54) is 5.56 Å². The Morgan fingerprint density at radius 3 is 2.33 bits per heavy atom. The van der Waals surface area contributed by atoms with Gasteiger partial charge < -0.3 is 9.84 Å². The third-order valence-electron chi connectivity index (χ3n) is 3.48. The molecule has 0 fully saturated rings. The topological polar surface area (TPSA) is 29.5 Å². The van der Waals surface area contributed by atoms with Crippen LogP contribution in [-0.4, -0.2) is 16.8 Å². The lowest BCUT2D eigenvalue weighted by atomic mass is 9.86. The van der Waals surface area contributed by atoms with Crippen molar-refractivity contribution in [2.75, 3.05) is 0 Å². The highest BCUT2D eigenvalue weighted by Crippen LogP contribution is 2.26. The summed E-state index contributed by atoms with van der Waals surface area (Å²) in [5.41, 5.74) is 0.553. The molecule has 0 aromatic heterocycles. The number of hydrogen-bond acceptors (Lipinski definition) is 2. The van der Waals surface area contributed by atoms with Crippen molar-refractivity contribution in [2.45, 2.75) is 59.2 Å². The third kappa shape index (κ3) is 4.34. The highest BCUT2D eigenvalue weighted by Gasteiger charge is 2.24. The predicted octanol–water partition coefficient (Wildman–Crippen LogP) is 3.81. The van der Waals surface area contributed by atoms with Gasteiger partial charge in [-0.3, -0.25) is 0 Å². The van der Waals surface area contributed by atoms with Gasteiger partial charge in [0.05, 0.1) is 11.7 Å². The quantitative estimate of drug-likeness (QED) is 0.832. The number of para-hydroxylation sites is 1. The van der Waals surface area contributed by atoms with E-state index in [1.54, 1.807) is 0 Å². The summed E-state index contributed by atoms with van der Waals surface area (Å²) in [7, 11) is 0. The van der Waals surface area contributed by atoms with Gasteiger partial charge in [-0.05, 0) is 51.2 Å². The maximum absolute atomic E-state index is 10.3. The first-order valence-electron chi connectivity index (χ1n) is 6.80. The zero-order valence-electron chi connectivity index (χ0n) is 12.2. The van der Waals surface area contributed by atoms with Crippen molar-refractivity contribution in [3.63, 3.8) is 0 Å². The van der Waals surface area contributed by atoms with Crippen LogP contribution in [0.25, 0.3) is 0 Å². The number of ether oxygens (including phenoxy) is 1. The van der Waals surface area contributed by atoms with Crippen LogP contribution in [0.4, 0.5) is 0 Å². The average Bonchev–Trinajstić information content (AvgIpc) is 2.27. The Hall–Kier alpha value is -1.02. The Bertz CT molecular complexity index is 367. The first-order chi connectivity index (χ1) is 8.33. The van der Waals surface area contributed by atoms with Crippen LogP contribution in [-0.2, 0) is 6.42 Å². The van der Waals surface area contributed by atoms with Gasteiger partial charge in [-0.25, -0.2) is 0 Å². The molecule has 1 aromatic rings. The Kier molecular flexibility index (Phi) is 5.21. The SMILES string of the molecule is CC(C)Oc1ccccc1CCC(C)(O)C(C)C. The zero-order chi connectivity index (χ0) is 13.8. The van der Waals surface area contributed by atoms with E-state index in [4.69, 9.17) is 4.74 Å². The molecule has 1 N–H and O–H groups in total. The number of aliphatic hydroxyl groups is 1. The maximum Gasteiger partial charge on any atom is 0.122 e. The molecule has 0 heterocycles.